The number of rotatable bonds is 6. The van der Waals surface area contributed by atoms with Crippen LogP contribution in [0.3, 0.4) is 0 Å². The molecule has 0 amide bonds. The molecule has 4 heterocycles. The van der Waals surface area contributed by atoms with Crippen LogP contribution in [0.1, 0.15) is 63.8 Å². The van der Waals surface area contributed by atoms with Gasteiger partial charge in [0.25, 0.3) is 0 Å². The van der Waals surface area contributed by atoms with Crippen LogP contribution in [0.4, 0.5) is 22.7 Å². The van der Waals surface area contributed by atoms with Gasteiger partial charge in [0.15, 0.2) is 0 Å². The molecule has 13 aromatic rings. The van der Waals surface area contributed by atoms with Gasteiger partial charge in [0.05, 0.1) is 43.5 Å². The predicted molar refractivity (Wildman–Crippen MR) is 353 cm³/mol. The molecule has 7 heteroatoms. The van der Waals surface area contributed by atoms with Gasteiger partial charge in [-0.25, -0.2) is 9.97 Å². The maximum atomic E-state index is 6.14. The highest BCUT2D eigenvalue weighted by atomic mass is 32.2. The molecule has 0 fully saturated rings. The minimum absolute atomic E-state index is 0.168. The number of nitrogens with zero attached hydrogens (tertiary/aromatic N) is 4. The fourth-order valence-corrected chi connectivity index (χ4v) is 18.1. The zero-order valence-electron chi connectivity index (χ0n) is 47.1. The maximum Gasteiger partial charge on any atom is 0.109 e. The molecule has 17 rings (SSSR count). The van der Waals surface area contributed by atoms with Crippen molar-refractivity contribution >= 4 is 101 Å². The molecule has 2 aromatic heterocycles. The number of hydrogen-bond acceptors (Lipinski definition) is 7. The molecule has 0 atom stereocenters. The minimum Gasteiger partial charge on any atom is -0.340 e. The van der Waals surface area contributed by atoms with E-state index in [1.165, 1.54) is 120 Å². The summed E-state index contributed by atoms with van der Waals surface area (Å²) in [5, 5.41) is 4.53. The molecule has 0 saturated heterocycles. The van der Waals surface area contributed by atoms with E-state index in [1.54, 1.807) is 0 Å². The minimum atomic E-state index is -0.168. The van der Waals surface area contributed by atoms with Crippen molar-refractivity contribution in [1.82, 2.24) is 9.97 Å². The van der Waals surface area contributed by atoms with E-state index in [2.05, 4.69) is 258 Å². The smallest absolute Gasteiger partial charge is 0.109 e. The van der Waals surface area contributed by atoms with Crippen LogP contribution in [0.5, 0.6) is 0 Å². The lowest BCUT2D eigenvalue weighted by Gasteiger charge is -2.32. The van der Waals surface area contributed by atoms with Crippen molar-refractivity contribution in [1.29, 1.82) is 0 Å². The van der Waals surface area contributed by atoms with Crippen LogP contribution in [0.25, 0.3) is 109 Å². The fourth-order valence-electron chi connectivity index (χ4n) is 14.6. The van der Waals surface area contributed by atoms with Gasteiger partial charge in [0.1, 0.15) is 11.0 Å². The van der Waals surface area contributed by atoms with Gasteiger partial charge in [0.2, 0.25) is 0 Å². The average Bonchev–Trinajstić information content (AvgIpc) is 2.95. The summed E-state index contributed by atoms with van der Waals surface area (Å²) in [7, 11) is 0. The molecule has 0 bridgehead atoms. The molecule has 0 radical (unpaired) electrons. The predicted octanol–water partition coefficient (Wildman–Crippen LogP) is 21.7. The molecule has 2 aliphatic carbocycles. The molecule has 83 heavy (non-hydrogen) atoms. The van der Waals surface area contributed by atoms with E-state index >= 15 is 0 Å². The topological polar surface area (TPSA) is 32.3 Å². The Kier molecular flexibility index (Phi) is 10.7. The van der Waals surface area contributed by atoms with Crippen molar-refractivity contribution in [3.63, 3.8) is 0 Å². The van der Waals surface area contributed by atoms with Crippen LogP contribution < -0.4 is 9.80 Å². The van der Waals surface area contributed by atoms with Gasteiger partial charge in [-0.1, -0.05) is 197 Å². The highest BCUT2D eigenvalue weighted by Gasteiger charge is 2.40. The molecular weight excluding hydrogens is 1070 g/mol. The normalized spacial score (nSPS) is 14.8. The summed E-state index contributed by atoms with van der Waals surface area (Å²) in [6.45, 7) is 15.8. The lowest BCUT2D eigenvalue weighted by atomic mass is 9.82. The van der Waals surface area contributed by atoms with E-state index in [4.69, 9.17) is 9.97 Å². The maximum absolute atomic E-state index is 6.14. The number of para-hydroxylation sites is 2. The fraction of sp³-hybridized carbons (Fsp3) is 0.132. The third kappa shape index (κ3) is 7.02. The summed E-state index contributed by atoms with van der Waals surface area (Å²) in [5.74, 6) is 0. The zero-order chi connectivity index (χ0) is 55.6. The van der Waals surface area contributed by atoms with Crippen LogP contribution in [0, 0.1) is 0 Å². The third-order valence-corrected chi connectivity index (χ3v) is 22.1. The Labute approximate surface area is 496 Å². The molecule has 0 spiro atoms. The Hall–Kier alpha value is -8.46. The second-order valence-electron chi connectivity index (χ2n) is 23.7. The Morgan fingerprint density at radius 2 is 0.711 bits per heavy atom. The van der Waals surface area contributed by atoms with Gasteiger partial charge in [-0.2, -0.15) is 0 Å². The summed E-state index contributed by atoms with van der Waals surface area (Å²) >= 11 is 5.60. The van der Waals surface area contributed by atoms with E-state index in [0.717, 1.165) is 66.8 Å². The molecule has 2 aliphatic heterocycles. The van der Waals surface area contributed by atoms with Gasteiger partial charge < -0.3 is 9.80 Å². The van der Waals surface area contributed by atoms with Crippen LogP contribution in [-0.2, 0) is 10.8 Å². The lowest BCUT2D eigenvalue weighted by molar-refractivity contribution is 0.660. The first-order valence-electron chi connectivity index (χ1n) is 29.1. The van der Waals surface area contributed by atoms with E-state index in [9.17, 15) is 0 Å². The SMILES string of the molecule is CCN1c2ccccc2Sc2cc(-c3ccc4c5ccc(-c6ccc7c(c6)Sc6ccccc6N7CC)cc5c5nc6c(-c7cccc8c7-c7ccccc7C8(C)C)sc(-c7cccc8c7-c7ccccc7C8(C)C)c6nc5c4c3)ccc21. The van der Waals surface area contributed by atoms with Gasteiger partial charge in [-0.15, -0.1) is 11.3 Å². The number of benzene rings is 11. The summed E-state index contributed by atoms with van der Waals surface area (Å²) < 4.78 is 0. The lowest BCUT2D eigenvalue weighted by Crippen LogP contribution is -2.19. The highest BCUT2D eigenvalue weighted by molar-refractivity contribution is 8.00. The highest BCUT2D eigenvalue weighted by Crippen LogP contribution is 2.59. The summed E-state index contributed by atoms with van der Waals surface area (Å²) in [6.07, 6.45) is 0. The van der Waals surface area contributed by atoms with E-state index < -0.39 is 0 Å². The zero-order valence-corrected chi connectivity index (χ0v) is 49.5. The Balaban J connectivity index is 0.950. The third-order valence-electron chi connectivity index (χ3n) is 18.6. The number of fused-ring (bicyclic) bond motifs is 17. The van der Waals surface area contributed by atoms with Crippen molar-refractivity contribution in [3.8, 4) is 65.4 Å². The number of anilines is 4. The molecular formula is C76H56N4S3. The molecule has 398 valence electrons. The molecule has 11 aromatic carbocycles. The van der Waals surface area contributed by atoms with Crippen LogP contribution in [0.2, 0.25) is 0 Å². The van der Waals surface area contributed by atoms with E-state index in [0.29, 0.717) is 0 Å². The van der Waals surface area contributed by atoms with Crippen LogP contribution >= 0.6 is 34.9 Å². The van der Waals surface area contributed by atoms with Gasteiger partial charge in [0, 0.05) is 65.4 Å². The summed E-state index contributed by atoms with van der Waals surface area (Å²) in [6, 6.07) is 77.7. The van der Waals surface area contributed by atoms with Crippen LogP contribution in [0.15, 0.2) is 226 Å². The first-order chi connectivity index (χ1) is 40.6. The van der Waals surface area contributed by atoms with Gasteiger partial charge >= 0.3 is 0 Å². The number of hydrogen-bond donors (Lipinski definition) is 0. The quantitative estimate of drug-likeness (QED) is 0.154. The Morgan fingerprint density at radius 1 is 0.337 bits per heavy atom. The number of aromatic nitrogens is 2. The van der Waals surface area contributed by atoms with Crippen LogP contribution in [-0.4, -0.2) is 23.1 Å². The van der Waals surface area contributed by atoms with Crippen molar-refractivity contribution in [2.75, 3.05) is 22.9 Å². The molecule has 0 unspecified atom stereocenters. The van der Waals surface area contributed by atoms with Crippen molar-refractivity contribution in [3.05, 3.63) is 229 Å². The first-order valence-corrected chi connectivity index (χ1v) is 31.5. The largest absolute Gasteiger partial charge is 0.340 e. The van der Waals surface area contributed by atoms with Crippen molar-refractivity contribution < 1.29 is 0 Å². The average molecular weight is 1120 g/mol. The van der Waals surface area contributed by atoms with Gasteiger partial charge in [-0.3, -0.25) is 0 Å². The van der Waals surface area contributed by atoms with Crippen molar-refractivity contribution in [2.45, 2.75) is 72.0 Å². The summed E-state index contributed by atoms with van der Waals surface area (Å²) in [5.41, 5.74) is 26.1. The molecule has 0 saturated carbocycles. The summed E-state index contributed by atoms with van der Waals surface area (Å²) in [4.78, 5) is 24.6. The van der Waals surface area contributed by atoms with E-state index in [1.807, 2.05) is 34.9 Å². The molecule has 0 N–H and O–H groups in total. The molecule has 4 aliphatic rings. The molecule has 4 nitrogen and oxygen atoms in total. The standard InChI is InChI=1S/C76H56N4S3/c1-7-79-59-27-13-15-29-63(59)81-65-41-45(33-37-61(65)79)43-31-35-47-48-36-32-44(46-34-38-62-66(42-46)82-64-30-16-14-28-60(64)80(62)8-2)40-54(48)70-69(53(47)39-43)77-71-72(78-70)74(52-22-18-26-58-68(52)50-20-10-12-24-56(50)76(58,5)6)83-73(71)51-21-17-25-57-67(51)49-19-9-11-23-55(49)75(57,3)4/h9-42H,7-8H2,1-6H3. The Bertz CT molecular complexity index is 4680. The Morgan fingerprint density at radius 3 is 1.17 bits per heavy atom. The van der Waals surface area contributed by atoms with Gasteiger partial charge in [-0.05, 0) is 152 Å². The first kappa shape index (κ1) is 49.2. The number of thiophene rings is 1. The van der Waals surface area contributed by atoms with Crippen molar-refractivity contribution in [2.24, 2.45) is 0 Å². The second-order valence-corrected chi connectivity index (χ2v) is 26.9. The van der Waals surface area contributed by atoms with E-state index in [-0.39, 0.29) is 10.8 Å². The monoisotopic (exact) mass is 1120 g/mol. The second kappa shape index (κ2) is 18.0.